The van der Waals surface area contributed by atoms with Crippen molar-refractivity contribution in [2.45, 2.75) is 31.3 Å². The van der Waals surface area contributed by atoms with Crippen molar-refractivity contribution in [3.63, 3.8) is 0 Å². The van der Waals surface area contributed by atoms with Crippen LogP contribution >= 0.6 is 0 Å². The van der Waals surface area contributed by atoms with Crippen molar-refractivity contribution >= 4 is 22.6 Å². The molecule has 0 unspecified atom stereocenters. The standard InChI is InChI=1S/C26H27NO5/c28-24(29)12-5-17-32-21-9-4-8-20(18-21)26(31)13-15-27(16-14-26)25(30)23-11-3-7-19-6-1-2-10-22(19)23/h1-4,6-11,18,31H,5,12-17H2,(H,28,29). The number of carboxylic acid groups (broad SMARTS) is 1. The molecule has 6 heteroatoms. The second kappa shape index (κ2) is 9.40. The number of likely N-dealkylation sites (tertiary alicyclic amines) is 1. The van der Waals surface area contributed by atoms with Crippen LogP contribution in [0.15, 0.2) is 66.7 Å². The van der Waals surface area contributed by atoms with Crippen LogP contribution in [0, 0.1) is 0 Å². The molecular weight excluding hydrogens is 406 g/mol. The number of fused-ring (bicyclic) bond motifs is 1. The third-order valence-corrected chi connectivity index (χ3v) is 6.07. The Morgan fingerprint density at radius 2 is 1.69 bits per heavy atom. The number of carboxylic acids is 1. The van der Waals surface area contributed by atoms with E-state index in [2.05, 4.69) is 0 Å². The van der Waals surface area contributed by atoms with Crippen LogP contribution in [0.1, 0.15) is 41.6 Å². The second-order valence-corrected chi connectivity index (χ2v) is 8.22. The molecule has 0 radical (unpaired) electrons. The lowest BCUT2D eigenvalue weighted by atomic mass is 9.84. The van der Waals surface area contributed by atoms with Gasteiger partial charge in [-0.05, 0) is 53.8 Å². The minimum Gasteiger partial charge on any atom is -0.494 e. The molecule has 2 N–H and O–H groups in total. The third kappa shape index (κ3) is 4.75. The lowest BCUT2D eigenvalue weighted by Crippen LogP contribution is -2.45. The molecule has 166 valence electrons. The maximum absolute atomic E-state index is 13.2. The molecule has 0 aromatic heterocycles. The van der Waals surface area contributed by atoms with Crippen LogP contribution < -0.4 is 4.74 Å². The summed E-state index contributed by atoms with van der Waals surface area (Å²) in [6.45, 7) is 1.23. The predicted molar refractivity (Wildman–Crippen MR) is 122 cm³/mol. The van der Waals surface area contributed by atoms with Crippen molar-refractivity contribution in [2.24, 2.45) is 0 Å². The highest BCUT2D eigenvalue weighted by atomic mass is 16.5. The molecule has 0 aliphatic carbocycles. The number of carbonyl (C=O) groups excluding carboxylic acids is 1. The molecule has 1 saturated heterocycles. The van der Waals surface area contributed by atoms with Crippen LogP contribution in [0.25, 0.3) is 10.8 Å². The first-order valence-electron chi connectivity index (χ1n) is 10.9. The lowest BCUT2D eigenvalue weighted by Gasteiger charge is -2.38. The Bertz CT molecular complexity index is 1110. The normalized spacial score (nSPS) is 15.5. The van der Waals surface area contributed by atoms with Gasteiger partial charge in [0.15, 0.2) is 0 Å². The van der Waals surface area contributed by atoms with Gasteiger partial charge in [0.1, 0.15) is 5.75 Å². The quantitative estimate of drug-likeness (QED) is 0.545. The minimum atomic E-state index is -1.03. The summed E-state index contributed by atoms with van der Waals surface area (Å²) >= 11 is 0. The van der Waals surface area contributed by atoms with E-state index in [1.807, 2.05) is 65.6 Å². The van der Waals surface area contributed by atoms with E-state index in [0.29, 0.717) is 50.3 Å². The zero-order valence-electron chi connectivity index (χ0n) is 17.9. The highest BCUT2D eigenvalue weighted by Gasteiger charge is 2.36. The van der Waals surface area contributed by atoms with E-state index < -0.39 is 11.6 Å². The molecule has 1 aliphatic heterocycles. The fourth-order valence-electron chi connectivity index (χ4n) is 4.24. The summed E-state index contributed by atoms with van der Waals surface area (Å²) in [5, 5.41) is 22.0. The number of aliphatic hydroxyl groups is 1. The van der Waals surface area contributed by atoms with Crippen molar-refractivity contribution in [2.75, 3.05) is 19.7 Å². The predicted octanol–water partition coefficient (Wildman–Crippen LogP) is 4.21. The summed E-state index contributed by atoms with van der Waals surface area (Å²) in [7, 11) is 0. The van der Waals surface area contributed by atoms with Gasteiger partial charge in [-0.25, -0.2) is 0 Å². The second-order valence-electron chi connectivity index (χ2n) is 8.22. The van der Waals surface area contributed by atoms with Gasteiger partial charge in [0, 0.05) is 25.1 Å². The molecule has 3 aromatic rings. The molecule has 32 heavy (non-hydrogen) atoms. The Labute approximate surface area is 187 Å². The van der Waals surface area contributed by atoms with Gasteiger partial charge in [0.05, 0.1) is 12.2 Å². The molecule has 1 fully saturated rings. The first-order chi connectivity index (χ1) is 15.5. The molecule has 0 spiro atoms. The first kappa shape index (κ1) is 21.8. The lowest BCUT2D eigenvalue weighted by molar-refractivity contribution is -0.137. The van der Waals surface area contributed by atoms with Gasteiger partial charge >= 0.3 is 5.97 Å². The highest BCUT2D eigenvalue weighted by molar-refractivity contribution is 6.07. The number of nitrogens with zero attached hydrogens (tertiary/aromatic N) is 1. The molecule has 1 amide bonds. The van der Waals surface area contributed by atoms with Crippen molar-refractivity contribution in [1.29, 1.82) is 0 Å². The van der Waals surface area contributed by atoms with E-state index in [1.54, 1.807) is 6.07 Å². The SMILES string of the molecule is O=C(O)CCCOc1cccc(C2(O)CCN(C(=O)c3cccc4ccccc34)CC2)c1. The molecule has 6 nitrogen and oxygen atoms in total. The molecule has 0 bridgehead atoms. The summed E-state index contributed by atoms with van der Waals surface area (Å²) in [6.07, 6.45) is 1.36. The number of benzene rings is 3. The molecule has 1 heterocycles. The number of piperidine rings is 1. The van der Waals surface area contributed by atoms with E-state index >= 15 is 0 Å². The van der Waals surface area contributed by atoms with Crippen molar-refractivity contribution in [3.05, 3.63) is 77.9 Å². The van der Waals surface area contributed by atoms with Gasteiger partial charge in [-0.1, -0.05) is 48.5 Å². The van der Waals surface area contributed by atoms with Gasteiger partial charge in [-0.3, -0.25) is 9.59 Å². The van der Waals surface area contributed by atoms with Crippen LogP contribution in [0.5, 0.6) is 5.75 Å². The number of aliphatic carboxylic acids is 1. The Morgan fingerprint density at radius 1 is 0.969 bits per heavy atom. The van der Waals surface area contributed by atoms with E-state index in [-0.39, 0.29) is 12.3 Å². The summed E-state index contributed by atoms with van der Waals surface area (Å²) < 4.78 is 5.65. The van der Waals surface area contributed by atoms with Crippen LogP contribution in [0.4, 0.5) is 0 Å². The first-order valence-corrected chi connectivity index (χ1v) is 10.9. The number of hydrogen-bond acceptors (Lipinski definition) is 4. The maximum atomic E-state index is 13.2. The van der Waals surface area contributed by atoms with E-state index in [9.17, 15) is 14.7 Å². The van der Waals surface area contributed by atoms with Crippen molar-refractivity contribution < 1.29 is 24.5 Å². The topological polar surface area (TPSA) is 87.1 Å². The van der Waals surface area contributed by atoms with Gasteiger partial charge in [-0.15, -0.1) is 0 Å². The van der Waals surface area contributed by atoms with Crippen molar-refractivity contribution in [1.82, 2.24) is 4.90 Å². The van der Waals surface area contributed by atoms with E-state index in [4.69, 9.17) is 9.84 Å². The van der Waals surface area contributed by atoms with Crippen LogP contribution in [-0.4, -0.2) is 46.7 Å². The van der Waals surface area contributed by atoms with Gasteiger partial charge in [0.25, 0.3) is 5.91 Å². The summed E-state index contributed by atoms with van der Waals surface area (Å²) in [6, 6.07) is 20.9. The molecule has 0 atom stereocenters. The minimum absolute atomic E-state index is 0.0145. The zero-order chi connectivity index (χ0) is 22.6. The number of carbonyl (C=O) groups is 2. The summed E-state index contributed by atoms with van der Waals surface area (Å²) in [4.78, 5) is 25.6. The van der Waals surface area contributed by atoms with E-state index in [0.717, 1.165) is 16.3 Å². The molecule has 0 saturated carbocycles. The molecule has 3 aromatic carbocycles. The number of hydrogen-bond donors (Lipinski definition) is 2. The van der Waals surface area contributed by atoms with Gasteiger partial charge in [0.2, 0.25) is 0 Å². The van der Waals surface area contributed by atoms with Gasteiger partial charge in [-0.2, -0.15) is 0 Å². The smallest absolute Gasteiger partial charge is 0.303 e. The fourth-order valence-corrected chi connectivity index (χ4v) is 4.24. The third-order valence-electron chi connectivity index (χ3n) is 6.07. The number of amides is 1. The Balaban J connectivity index is 1.42. The largest absolute Gasteiger partial charge is 0.494 e. The zero-order valence-corrected chi connectivity index (χ0v) is 17.9. The maximum Gasteiger partial charge on any atom is 0.303 e. The van der Waals surface area contributed by atoms with Crippen LogP contribution in [0.2, 0.25) is 0 Å². The molecular formula is C26H27NO5. The summed E-state index contributed by atoms with van der Waals surface area (Å²) in [5.74, 6) is -0.253. The van der Waals surface area contributed by atoms with Crippen LogP contribution in [0.3, 0.4) is 0 Å². The van der Waals surface area contributed by atoms with Crippen LogP contribution in [-0.2, 0) is 10.4 Å². The number of rotatable bonds is 7. The molecule has 4 rings (SSSR count). The van der Waals surface area contributed by atoms with E-state index in [1.165, 1.54) is 0 Å². The summed E-state index contributed by atoms with van der Waals surface area (Å²) in [5.41, 5.74) is 0.409. The van der Waals surface area contributed by atoms with Crippen molar-refractivity contribution in [3.8, 4) is 5.75 Å². The highest BCUT2D eigenvalue weighted by Crippen LogP contribution is 2.35. The Kier molecular flexibility index (Phi) is 6.42. The Hall–Kier alpha value is -3.38. The average Bonchev–Trinajstić information content (AvgIpc) is 2.82. The number of ether oxygens (including phenoxy) is 1. The monoisotopic (exact) mass is 433 g/mol. The fraction of sp³-hybridized carbons (Fsp3) is 0.308. The molecule has 1 aliphatic rings. The average molecular weight is 434 g/mol. The van der Waals surface area contributed by atoms with Gasteiger partial charge < -0.3 is 19.8 Å². The Morgan fingerprint density at radius 3 is 2.47 bits per heavy atom.